The summed E-state index contributed by atoms with van der Waals surface area (Å²) in [4.78, 5) is 21.6. The van der Waals surface area contributed by atoms with Gasteiger partial charge in [-0.1, -0.05) is 12.1 Å². The van der Waals surface area contributed by atoms with Gasteiger partial charge in [-0.2, -0.15) is 16.9 Å². The number of thioether (sulfide) groups is 1. The summed E-state index contributed by atoms with van der Waals surface area (Å²) in [7, 11) is 0. The van der Waals surface area contributed by atoms with Crippen LogP contribution in [0.25, 0.3) is 16.7 Å². The predicted octanol–water partition coefficient (Wildman–Crippen LogP) is 3.95. The van der Waals surface area contributed by atoms with Crippen molar-refractivity contribution in [3.63, 3.8) is 0 Å². The van der Waals surface area contributed by atoms with Gasteiger partial charge < -0.3 is 5.32 Å². The van der Waals surface area contributed by atoms with Gasteiger partial charge in [0.25, 0.3) is 5.91 Å². The van der Waals surface area contributed by atoms with Gasteiger partial charge in [-0.05, 0) is 36.4 Å². The van der Waals surface area contributed by atoms with Gasteiger partial charge in [-0.25, -0.2) is 14.1 Å². The van der Waals surface area contributed by atoms with E-state index < -0.39 is 0 Å². The number of benzene rings is 2. The predicted molar refractivity (Wildman–Crippen MR) is 106 cm³/mol. The number of nitrogens with zero attached hydrogens (tertiary/aromatic N) is 4. The molecule has 0 saturated carbocycles. The number of hydrogen-bond acceptors (Lipinski definition) is 5. The average molecular weight is 391 g/mol. The molecule has 0 bridgehead atoms. The van der Waals surface area contributed by atoms with E-state index in [4.69, 9.17) is 0 Å². The molecule has 0 spiro atoms. The smallest absolute Gasteiger partial charge is 0.277 e. The van der Waals surface area contributed by atoms with E-state index in [9.17, 15) is 9.18 Å². The number of carbonyl (C=O) groups excluding carboxylic acids is 1. The average Bonchev–Trinajstić information content (AvgIpc) is 3.31. The van der Waals surface area contributed by atoms with Gasteiger partial charge in [-0.15, -0.1) is 0 Å². The minimum atomic E-state index is -0.360. The van der Waals surface area contributed by atoms with Crippen LogP contribution in [0.15, 0.2) is 54.7 Å². The van der Waals surface area contributed by atoms with Crippen molar-refractivity contribution in [2.24, 2.45) is 0 Å². The second-order valence-electron chi connectivity index (χ2n) is 6.35. The van der Waals surface area contributed by atoms with Gasteiger partial charge in [0.2, 0.25) is 0 Å². The van der Waals surface area contributed by atoms with Crippen molar-refractivity contribution in [2.75, 3.05) is 5.32 Å². The van der Waals surface area contributed by atoms with Gasteiger partial charge in [0.05, 0.1) is 28.6 Å². The van der Waals surface area contributed by atoms with Gasteiger partial charge >= 0.3 is 0 Å². The fourth-order valence-corrected chi connectivity index (χ4v) is 4.18. The zero-order valence-corrected chi connectivity index (χ0v) is 15.4. The van der Waals surface area contributed by atoms with E-state index in [0.717, 1.165) is 28.3 Å². The van der Waals surface area contributed by atoms with Gasteiger partial charge in [0.15, 0.2) is 0 Å². The molecule has 2 aromatic carbocycles. The number of fused-ring (bicyclic) bond motifs is 2. The van der Waals surface area contributed by atoms with Crippen LogP contribution >= 0.6 is 11.8 Å². The first kappa shape index (κ1) is 16.9. The molecule has 138 valence electrons. The molecule has 28 heavy (non-hydrogen) atoms. The standard InChI is InChI=1S/C20H14FN5OS/c21-12-5-7-13(8-6-12)26-19(14-10-28-11-18(14)25-26)24-20(27)17-9-22-15-3-1-2-4-16(15)23-17/h1-9H,10-11H2,(H,24,27). The van der Waals surface area contributed by atoms with E-state index in [1.165, 1.54) is 18.3 Å². The molecule has 2 aromatic heterocycles. The molecular formula is C20H14FN5OS. The third kappa shape index (κ3) is 2.91. The third-order valence-corrected chi connectivity index (χ3v) is 5.51. The first-order chi connectivity index (χ1) is 13.7. The number of para-hydroxylation sites is 2. The second-order valence-corrected chi connectivity index (χ2v) is 7.34. The number of nitrogens with one attached hydrogen (secondary N) is 1. The second kappa shape index (κ2) is 6.72. The van der Waals surface area contributed by atoms with Crippen molar-refractivity contribution in [3.8, 4) is 5.69 Å². The summed E-state index contributed by atoms with van der Waals surface area (Å²) in [5.41, 5.74) is 4.20. The van der Waals surface area contributed by atoms with Crippen LogP contribution in [-0.4, -0.2) is 25.7 Å². The summed E-state index contributed by atoms with van der Waals surface area (Å²) in [6.07, 6.45) is 1.46. The minimum Gasteiger partial charge on any atom is -0.305 e. The Labute approximate surface area is 163 Å². The lowest BCUT2D eigenvalue weighted by Gasteiger charge is -2.11. The van der Waals surface area contributed by atoms with E-state index in [-0.39, 0.29) is 17.4 Å². The van der Waals surface area contributed by atoms with Crippen LogP contribution in [-0.2, 0) is 11.5 Å². The molecule has 1 aliphatic rings. The monoisotopic (exact) mass is 391 g/mol. The van der Waals surface area contributed by atoms with E-state index in [2.05, 4.69) is 20.4 Å². The highest BCUT2D eigenvalue weighted by Gasteiger charge is 2.25. The van der Waals surface area contributed by atoms with Gasteiger partial charge in [0, 0.05) is 17.1 Å². The highest BCUT2D eigenvalue weighted by Crippen LogP contribution is 2.36. The normalized spacial score (nSPS) is 12.9. The molecule has 5 rings (SSSR count). The number of carbonyl (C=O) groups is 1. The highest BCUT2D eigenvalue weighted by molar-refractivity contribution is 7.98. The highest BCUT2D eigenvalue weighted by atomic mass is 32.2. The Morgan fingerprint density at radius 2 is 1.86 bits per heavy atom. The molecule has 0 unspecified atom stereocenters. The first-order valence-electron chi connectivity index (χ1n) is 8.66. The lowest BCUT2D eigenvalue weighted by Crippen LogP contribution is -2.18. The third-order valence-electron chi connectivity index (χ3n) is 4.54. The molecule has 1 N–H and O–H groups in total. The molecule has 4 aromatic rings. The van der Waals surface area contributed by atoms with Crippen molar-refractivity contribution in [1.82, 2.24) is 19.7 Å². The molecule has 0 atom stereocenters. The molecule has 8 heteroatoms. The number of anilines is 1. The number of hydrogen-bond donors (Lipinski definition) is 1. The van der Waals surface area contributed by atoms with Crippen LogP contribution in [0.4, 0.5) is 10.2 Å². The lowest BCUT2D eigenvalue weighted by molar-refractivity contribution is 0.102. The van der Waals surface area contributed by atoms with Crippen molar-refractivity contribution >= 4 is 34.5 Å². The maximum atomic E-state index is 13.3. The molecule has 1 aliphatic heterocycles. The molecular weight excluding hydrogens is 377 g/mol. The fraction of sp³-hybridized carbons (Fsp3) is 0.100. The largest absolute Gasteiger partial charge is 0.305 e. The quantitative estimate of drug-likeness (QED) is 0.572. The maximum absolute atomic E-state index is 13.3. The SMILES string of the molecule is O=C(Nc1c2c(nn1-c1ccc(F)cc1)CSC2)c1cnc2ccccc2n1. The lowest BCUT2D eigenvalue weighted by atomic mass is 10.2. The molecule has 0 radical (unpaired) electrons. The Morgan fingerprint density at radius 3 is 2.68 bits per heavy atom. The molecule has 3 heterocycles. The van der Waals surface area contributed by atoms with Gasteiger partial charge in [-0.3, -0.25) is 9.78 Å². The molecule has 0 fully saturated rings. The topological polar surface area (TPSA) is 72.7 Å². The van der Waals surface area contributed by atoms with Crippen molar-refractivity contribution in [3.05, 3.63) is 77.5 Å². The first-order valence-corrected chi connectivity index (χ1v) is 9.82. The summed E-state index contributed by atoms with van der Waals surface area (Å²) < 4.78 is 15.0. The fourth-order valence-electron chi connectivity index (χ4n) is 3.15. The van der Waals surface area contributed by atoms with E-state index in [1.54, 1.807) is 28.6 Å². The molecule has 6 nitrogen and oxygen atoms in total. The van der Waals surface area contributed by atoms with E-state index >= 15 is 0 Å². The number of aromatic nitrogens is 4. The van der Waals surface area contributed by atoms with Crippen LogP contribution < -0.4 is 5.32 Å². The zero-order chi connectivity index (χ0) is 19.1. The molecule has 0 saturated heterocycles. The Balaban J connectivity index is 1.53. The number of rotatable bonds is 3. The Bertz CT molecular complexity index is 1210. The van der Waals surface area contributed by atoms with Crippen LogP contribution in [0, 0.1) is 5.82 Å². The summed E-state index contributed by atoms with van der Waals surface area (Å²) in [6, 6.07) is 13.4. The van der Waals surface area contributed by atoms with E-state index in [0.29, 0.717) is 17.0 Å². The van der Waals surface area contributed by atoms with Crippen LogP contribution in [0.1, 0.15) is 21.7 Å². The molecule has 1 amide bonds. The zero-order valence-electron chi connectivity index (χ0n) is 14.6. The van der Waals surface area contributed by atoms with Crippen molar-refractivity contribution in [2.45, 2.75) is 11.5 Å². The number of amides is 1. The van der Waals surface area contributed by atoms with Crippen LogP contribution in [0.2, 0.25) is 0 Å². The number of halogens is 1. The summed E-state index contributed by atoms with van der Waals surface area (Å²) in [6.45, 7) is 0. The molecule has 0 aliphatic carbocycles. The summed E-state index contributed by atoms with van der Waals surface area (Å²) in [5.74, 6) is 1.45. The van der Waals surface area contributed by atoms with Crippen LogP contribution in [0.3, 0.4) is 0 Å². The van der Waals surface area contributed by atoms with E-state index in [1.807, 2.05) is 24.3 Å². The Morgan fingerprint density at radius 1 is 1.07 bits per heavy atom. The Kier molecular flexibility index (Phi) is 4.05. The van der Waals surface area contributed by atoms with Crippen LogP contribution in [0.5, 0.6) is 0 Å². The van der Waals surface area contributed by atoms with Crippen molar-refractivity contribution in [1.29, 1.82) is 0 Å². The summed E-state index contributed by atoms with van der Waals surface area (Å²) >= 11 is 1.74. The maximum Gasteiger partial charge on any atom is 0.277 e. The minimum absolute atomic E-state index is 0.227. The summed E-state index contributed by atoms with van der Waals surface area (Å²) in [5, 5.41) is 7.55. The Hall–Kier alpha value is -3.26. The van der Waals surface area contributed by atoms with Gasteiger partial charge in [0.1, 0.15) is 17.3 Å². The van der Waals surface area contributed by atoms with Crippen molar-refractivity contribution < 1.29 is 9.18 Å².